The minimum atomic E-state index is -0.271. The Morgan fingerprint density at radius 2 is 1.96 bits per heavy atom. The Morgan fingerprint density at radius 3 is 2.59 bits per heavy atom. The highest BCUT2D eigenvalue weighted by atomic mass is 35.5. The molecule has 6 nitrogen and oxygen atoms in total. The van der Waals surface area contributed by atoms with Gasteiger partial charge in [0.15, 0.2) is 11.7 Å². The van der Waals surface area contributed by atoms with Crippen LogP contribution in [0.25, 0.3) is 10.2 Å². The van der Waals surface area contributed by atoms with Crippen molar-refractivity contribution in [1.82, 2.24) is 4.98 Å². The maximum Gasteiger partial charge on any atom is 0.262 e. The molecule has 0 saturated carbocycles. The number of halogens is 1. The van der Waals surface area contributed by atoms with E-state index < -0.39 is 0 Å². The Bertz CT molecular complexity index is 964. The van der Waals surface area contributed by atoms with E-state index in [9.17, 15) is 4.79 Å². The van der Waals surface area contributed by atoms with Gasteiger partial charge in [0.1, 0.15) is 11.3 Å². The molecule has 142 valence electrons. The van der Waals surface area contributed by atoms with Crippen LogP contribution < -0.4 is 21.3 Å². The SMILES string of the molecule is CC(C)(C)c1ccc(OCC(=O)Nc2cc(Cl)c3nc(NN)sc3c2)cc1. The lowest BCUT2D eigenvalue weighted by molar-refractivity contribution is -0.118. The maximum atomic E-state index is 12.2. The van der Waals surface area contributed by atoms with E-state index in [1.54, 1.807) is 12.1 Å². The van der Waals surface area contributed by atoms with E-state index in [1.807, 2.05) is 24.3 Å². The molecule has 0 bridgehead atoms. The predicted molar refractivity (Wildman–Crippen MR) is 112 cm³/mol. The molecule has 1 amide bonds. The second-order valence-electron chi connectivity index (χ2n) is 7.08. The first-order chi connectivity index (χ1) is 12.8. The van der Waals surface area contributed by atoms with Crippen molar-refractivity contribution < 1.29 is 9.53 Å². The lowest BCUT2D eigenvalue weighted by Crippen LogP contribution is -2.20. The predicted octanol–water partition coefficient (Wildman–Crippen LogP) is 4.55. The molecule has 1 heterocycles. The van der Waals surface area contributed by atoms with E-state index in [4.69, 9.17) is 22.2 Å². The summed E-state index contributed by atoms with van der Waals surface area (Å²) in [6.07, 6.45) is 0. The summed E-state index contributed by atoms with van der Waals surface area (Å²) in [4.78, 5) is 16.5. The zero-order chi connectivity index (χ0) is 19.6. The molecule has 27 heavy (non-hydrogen) atoms. The van der Waals surface area contributed by atoms with Crippen molar-refractivity contribution >= 4 is 49.9 Å². The van der Waals surface area contributed by atoms with Gasteiger partial charge in [0, 0.05) is 5.69 Å². The lowest BCUT2D eigenvalue weighted by atomic mass is 9.87. The number of amides is 1. The van der Waals surface area contributed by atoms with Gasteiger partial charge in [-0.25, -0.2) is 10.8 Å². The van der Waals surface area contributed by atoms with Crippen LogP contribution in [-0.4, -0.2) is 17.5 Å². The average molecular weight is 405 g/mol. The Kier molecular flexibility index (Phi) is 5.55. The number of carbonyl (C=O) groups is 1. The van der Waals surface area contributed by atoms with Crippen LogP contribution in [0, 0.1) is 0 Å². The molecule has 0 aliphatic rings. The van der Waals surface area contributed by atoms with Gasteiger partial charge in [0.05, 0.1) is 9.72 Å². The number of nitrogen functional groups attached to an aromatic ring is 1. The largest absolute Gasteiger partial charge is 0.484 e. The number of aromatic nitrogens is 1. The number of fused-ring (bicyclic) bond motifs is 1. The number of carbonyl (C=O) groups excluding carboxylic acids is 1. The average Bonchev–Trinajstić information content (AvgIpc) is 3.03. The number of nitrogens with two attached hydrogens (primary N) is 1. The quantitative estimate of drug-likeness (QED) is 0.428. The molecule has 0 aliphatic heterocycles. The van der Waals surface area contributed by atoms with Crippen LogP contribution >= 0.6 is 22.9 Å². The van der Waals surface area contributed by atoms with Crippen molar-refractivity contribution in [2.24, 2.45) is 5.84 Å². The van der Waals surface area contributed by atoms with Gasteiger partial charge in [-0.15, -0.1) is 0 Å². The summed E-state index contributed by atoms with van der Waals surface area (Å²) in [6.45, 7) is 6.35. The Labute approximate surface area is 166 Å². The van der Waals surface area contributed by atoms with E-state index in [0.29, 0.717) is 27.1 Å². The van der Waals surface area contributed by atoms with Crippen LogP contribution in [-0.2, 0) is 10.2 Å². The Balaban J connectivity index is 1.63. The standard InChI is InChI=1S/C19H21ClN4O2S/c1-19(2,3)11-4-6-13(7-5-11)26-10-16(25)22-12-8-14(20)17-15(9-12)27-18(23-17)24-21/h4-9H,10,21H2,1-3H3,(H,22,25)(H,23,24). The van der Waals surface area contributed by atoms with E-state index in [1.165, 1.54) is 16.9 Å². The minimum absolute atomic E-state index is 0.0732. The highest BCUT2D eigenvalue weighted by Gasteiger charge is 2.14. The van der Waals surface area contributed by atoms with Crippen molar-refractivity contribution in [1.29, 1.82) is 0 Å². The number of nitrogens with zero attached hydrogens (tertiary/aromatic N) is 1. The molecule has 0 spiro atoms. The second-order valence-corrected chi connectivity index (χ2v) is 8.52. The van der Waals surface area contributed by atoms with Crippen LogP contribution in [0.5, 0.6) is 5.75 Å². The summed E-state index contributed by atoms with van der Waals surface area (Å²) < 4.78 is 6.39. The van der Waals surface area contributed by atoms with E-state index >= 15 is 0 Å². The third kappa shape index (κ3) is 4.68. The summed E-state index contributed by atoms with van der Waals surface area (Å²) in [5.74, 6) is 5.75. The number of rotatable bonds is 5. The maximum absolute atomic E-state index is 12.2. The number of hydrazine groups is 1. The van der Waals surface area contributed by atoms with Gasteiger partial charge in [0.25, 0.3) is 5.91 Å². The number of nitrogens with one attached hydrogen (secondary N) is 2. The van der Waals surface area contributed by atoms with E-state index in [0.717, 1.165) is 4.70 Å². The van der Waals surface area contributed by atoms with Gasteiger partial charge in [-0.05, 0) is 35.2 Å². The lowest BCUT2D eigenvalue weighted by Gasteiger charge is -2.19. The Morgan fingerprint density at radius 1 is 1.26 bits per heavy atom. The summed E-state index contributed by atoms with van der Waals surface area (Å²) in [7, 11) is 0. The van der Waals surface area contributed by atoms with Crippen molar-refractivity contribution in [2.45, 2.75) is 26.2 Å². The summed E-state index contributed by atoms with van der Waals surface area (Å²) in [6, 6.07) is 11.2. The van der Waals surface area contributed by atoms with Gasteiger partial charge in [-0.1, -0.05) is 55.8 Å². The molecule has 2 aromatic carbocycles. The van der Waals surface area contributed by atoms with Crippen molar-refractivity contribution in [3.05, 3.63) is 47.0 Å². The number of thiazole rings is 1. The van der Waals surface area contributed by atoms with E-state index in [-0.39, 0.29) is 17.9 Å². The third-order valence-corrected chi connectivity index (χ3v) is 5.17. The summed E-state index contributed by atoms with van der Waals surface area (Å²) in [5, 5.41) is 3.78. The smallest absolute Gasteiger partial charge is 0.262 e. The van der Waals surface area contributed by atoms with Gasteiger partial charge in [-0.3, -0.25) is 10.2 Å². The normalized spacial score (nSPS) is 11.4. The highest BCUT2D eigenvalue weighted by molar-refractivity contribution is 7.22. The van der Waals surface area contributed by atoms with Crippen LogP contribution in [0.4, 0.5) is 10.8 Å². The Hall–Kier alpha value is -2.35. The topological polar surface area (TPSA) is 89.3 Å². The van der Waals surface area contributed by atoms with Crippen molar-refractivity contribution in [3.8, 4) is 5.75 Å². The van der Waals surface area contributed by atoms with Gasteiger partial charge < -0.3 is 10.1 Å². The molecule has 0 unspecified atom stereocenters. The number of hydrogen-bond acceptors (Lipinski definition) is 6. The monoisotopic (exact) mass is 404 g/mol. The molecule has 0 fully saturated rings. The van der Waals surface area contributed by atoms with Gasteiger partial charge in [0.2, 0.25) is 0 Å². The molecular weight excluding hydrogens is 384 g/mol. The molecular formula is C19H21ClN4O2S. The summed E-state index contributed by atoms with van der Waals surface area (Å²) >= 11 is 7.59. The molecule has 4 N–H and O–H groups in total. The number of hydrogen-bond donors (Lipinski definition) is 3. The van der Waals surface area contributed by atoms with Gasteiger partial charge >= 0.3 is 0 Å². The highest BCUT2D eigenvalue weighted by Crippen LogP contribution is 2.33. The fourth-order valence-electron chi connectivity index (χ4n) is 2.52. The molecule has 0 radical (unpaired) electrons. The first kappa shape index (κ1) is 19.4. The fourth-order valence-corrected chi connectivity index (χ4v) is 3.68. The van der Waals surface area contributed by atoms with Gasteiger partial charge in [-0.2, -0.15) is 0 Å². The molecule has 0 saturated heterocycles. The number of benzene rings is 2. The zero-order valence-electron chi connectivity index (χ0n) is 15.3. The van der Waals surface area contributed by atoms with Crippen LogP contribution in [0.3, 0.4) is 0 Å². The van der Waals surface area contributed by atoms with Crippen LogP contribution in [0.2, 0.25) is 5.02 Å². The molecule has 0 aliphatic carbocycles. The van der Waals surface area contributed by atoms with Crippen molar-refractivity contribution in [3.63, 3.8) is 0 Å². The van der Waals surface area contributed by atoms with E-state index in [2.05, 4.69) is 36.5 Å². The molecule has 1 aromatic heterocycles. The first-order valence-corrected chi connectivity index (χ1v) is 9.55. The molecule has 3 aromatic rings. The zero-order valence-corrected chi connectivity index (χ0v) is 16.9. The molecule has 0 atom stereocenters. The fraction of sp³-hybridized carbons (Fsp3) is 0.263. The molecule has 3 rings (SSSR count). The number of anilines is 2. The number of ether oxygens (including phenoxy) is 1. The van der Waals surface area contributed by atoms with Crippen LogP contribution in [0.1, 0.15) is 26.3 Å². The van der Waals surface area contributed by atoms with Crippen molar-refractivity contribution in [2.75, 3.05) is 17.3 Å². The summed E-state index contributed by atoms with van der Waals surface area (Å²) in [5.41, 5.74) is 5.00. The molecule has 8 heteroatoms. The first-order valence-electron chi connectivity index (χ1n) is 8.36. The minimum Gasteiger partial charge on any atom is -0.484 e. The second kappa shape index (κ2) is 7.72. The third-order valence-electron chi connectivity index (χ3n) is 3.95. The van der Waals surface area contributed by atoms with Crippen LogP contribution in [0.15, 0.2) is 36.4 Å².